The number of anilines is 1. The summed E-state index contributed by atoms with van der Waals surface area (Å²) in [5, 5.41) is 4.86. The molecule has 32 heavy (non-hydrogen) atoms. The van der Waals surface area contributed by atoms with Gasteiger partial charge in [-0.25, -0.2) is 9.50 Å². The van der Waals surface area contributed by atoms with Crippen molar-refractivity contribution >= 4 is 17.4 Å². The van der Waals surface area contributed by atoms with E-state index in [4.69, 9.17) is 15.8 Å². The molecular formula is C25H32N6O. The molecule has 7 nitrogen and oxygen atoms in total. The molecule has 2 aliphatic rings. The number of aryl methyl sites for hydroxylation is 3. The number of rotatable bonds is 3. The van der Waals surface area contributed by atoms with E-state index < -0.39 is 0 Å². The van der Waals surface area contributed by atoms with E-state index in [1.807, 2.05) is 41.6 Å². The highest BCUT2D eigenvalue weighted by atomic mass is 16.2. The molecule has 2 aliphatic heterocycles. The van der Waals surface area contributed by atoms with Gasteiger partial charge in [-0.2, -0.15) is 5.10 Å². The summed E-state index contributed by atoms with van der Waals surface area (Å²) >= 11 is 0. The molecule has 2 aromatic heterocycles. The molecule has 7 heteroatoms. The summed E-state index contributed by atoms with van der Waals surface area (Å²) in [5.41, 5.74) is 11.9. The maximum atomic E-state index is 13.5. The third-order valence-corrected chi connectivity index (χ3v) is 6.88. The van der Waals surface area contributed by atoms with Crippen LogP contribution in [0.3, 0.4) is 0 Å². The van der Waals surface area contributed by atoms with E-state index in [2.05, 4.69) is 24.0 Å². The highest BCUT2D eigenvalue weighted by Gasteiger charge is 2.31. The summed E-state index contributed by atoms with van der Waals surface area (Å²) in [6.45, 7) is 8.65. The number of fused-ring (bicyclic) bond motifs is 1. The zero-order valence-electron chi connectivity index (χ0n) is 19.2. The van der Waals surface area contributed by atoms with Gasteiger partial charge in [0.25, 0.3) is 5.91 Å². The predicted molar refractivity (Wildman–Crippen MR) is 126 cm³/mol. The number of nitrogens with two attached hydrogens (primary N) is 1. The first kappa shape index (κ1) is 20.9. The zero-order valence-corrected chi connectivity index (χ0v) is 19.2. The van der Waals surface area contributed by atoms with E-state index >= 15 is 0 Å². The molecule has 168 valence electrons. The first-order valence-corrected chi connectivity index (χ1v) is 11.7. The minimum Gasteiger partial charge on any atom is -0.355 e. The van der Waals surface area contributed by atoms with Crippen LogP contribution in [0.4, 0.5) is 5.82 Å². The molecule has 0 saturated carbocycles. The van der Waals surface area contributed by atoms with Crippen LogP contribution in [0.1, 0.15) is 64.5 Å². The largest absolute Gasteiger partial charge is 0.355 e. The van der Waals surface area contributed by atoms with Gasteiger partial charge in [0.05, 0.1) is 11.7 Å². The smallest absolute Gasteiger partial charge is 0.254 e. The van der Waals surface area contributed by atoms with E-state index in [1.54, 1.807) is 0 Å². The Labute approximate surface area is 189 Å². The molecular weight excluding hydrogens is 400 g/mol. The number of benzene rings is 1. The van der Waals surface area contributed by atoms with E-state index in [-0.39, 0.29) is 18.0 Å². The molecule has 0 radical (unpaired) electrons. The Balaban J connectivity index is 1.48. The summed E-state index contributed by atoms with van der Waals surface area (Å²) in [4.78, 5) is 22.8. The zero-order chi connectivity index (χ0) is 22.4. The number of carbonyl (C=O) groups is 1. The fourth-order valence-corrected chi connectivity index (χ4v) is 5.08. The van der Waals surface area contributed by atoms with Gasteiger partial charge in [-0.05, 0) is 58.1 Å². The third-order valence-electron chi connectivity index (χ3n) is 6.88. The van der Waals surface area contributed by atoms with Crippen molar-refractivity contribution in [2.24, 2.45) is 5.73 Å². The monoisotopic (exact) mass is 432 g/mol. The molecule has 0 spiro atoms. The van der Waals surface area contributed by atoms with E-state index in [1.165, 1.54) is 0 Å². The van der Waals surface area contributed by atoms with Gasteiger partial charge < -0.3 is 15.5 Å². The molecule has 2 fully saturated rings. The normalized spacial score (nSPS) is 21.5. The van der Waals surface area contributed by atoms with Crippen LogP contribution in [0.25, 0.3) is 5.65 Å². The van der Waals surface area contributed by atoms with Crippen molar-refractivity contribution in [3.8, 4) is 0 Å². The molecule has 2 N–H and O–H groups in total. The molecule has 2 atom stereocenters. The molecule has 1 amide bonds. The van der Waals surface area contributed by atoms with Crippen LogP contribution >= 0.6 is 0 Å². The van der Waals surface area contributed by atoms with Gasteiger partial charge in [-0.3, -0.25) is 4.79 Å². The van der Waals surface area contributed by atoms with Gasteiger partial charge in [-0.15, -0.1) is 0 Å². The van der Waals surface area contributed by atoms with Gasteiger partial charge in [0.1, 0.15) is 5.82 Å². The summed E-state index contributed by atoms with van der Waals surface area (Å²) < 4.78 is 1.86. The molecule has 2 saturated heterocycles. The Hall–Kier alpha value is -2.93. The Bertz CT molecular complexity index is 1170. The number of nitrogens with zero attached hydrogens (tertiary/aromatic N) is 5. The lowest BCUT2D eigenvalue weighted by Crippen LogP contribution is -2.39. The Kier molecular flexibility index (Phi) is 5.37. The first-order valence-electron chi connectivity index (χ1n) is 11.7. The quantitative estimate of drug-likeness (QED) is 0.685. The second-order valence-corrected chi connectivity index (χ2v) is 9.44. The molecule has 3 aromatic rings. The van der Waals surface area contributed by atoms with Crippen LogP contribution in [0.15, 0.2) is 30.5 Å². The van der Waals surface area contributed by atoms with Crippen molar-refractivity contribution in [3.63, 3.8) is 0 Å². The van der Waals surface area contributed by atoms with Gasteiger partial charge in [0, 0.05) is 49.1 Å². The second kappa shape index (κ2) is 8.20. The van der Waals surface area contributed by atoms with Gasteiger partial charge in [0.2, 0.25) is 0 Å². The highest BCUT2D eigenvalue weighted by Crippen LogP contribution is 2.33. The summed E-state index contributed by atoms with van der Waals surface area (Å²) in [7, 11) is 0. The van der Waals surface area contributed by atoms with E-state index in [0.29, 0.717) is 0 Å². The first-order chi connectivity index (χ1) is 15.4. The Morgan fingerprint density at radius 1 is 1.06 bits per heavy atom. The number of carbonyl (C=O) groups excluding carboxylic acids is 1. The maximum Gasteiger partial charge on any atom is 0.254 e. The van der Waals surface area contributed by atoms with Crippen LogP contribution in [0.2, 0.25) is 0 Å². The molecule has 4 heterocycles. The number of amides is 1. The van der Waals surface area contributed by atoms with Crippen molar-refractivity contribution in [1.29, 1.82) is 0 Å². The van der Waals surface area contributed by atoms with Crippen LogP contribution in [0, 0.1) is 20.8 Å². The lowest BCUT2D eigenvalue weighted by atomic mass is 9.96. The molecule has 1 aromatic carbocycles. The summed E-state index contributed by atoms with van der Waals surface area (Å²) in [6.07, 6.45) is 6.09. The fourth-order valence-electron chi connectivity index (χ4n) is 5.08. The minimum atomic E-state index is -0.0261. The Morgan fingerprint density at radius 2 is 1.91 bits per heavy atom. The number of aromatic nitrogens is 3. The van der Waals surface area contributed by atoms with Gasteiger partial charge in [-0.1, -0.05) is 17.7 Å². The van der Waals surface area contributed by atoms with Crippen molar-refractivity contribution < 1.29 is 4.79 Å². The molecule has 5 rings (SSSR count). The number of piperidine rings is 1. The highest BCUT2D eigenvalue weighted by molar-refractivity contribution is 5.96. The van der Waals surface area contributed by atoms with Gasteiger partial charge in [0.15, 0.2) is 5.65 Å². The Morgan fingerprint density at radius 3 is 2.69 bits per heavy atom. The van der Waals surface area contributed by atoms with E-state index in [9.17, 15) is 4.79 Å². The fraction of sp³-hybridized carbons (Fsp3) is 0.480. The lowest BCUT2D eigenvalue weighted by Gasteiger charge is -2.35. The minimum absolute atomic E-state index is 0.0261. The van der Waals surface area contributed by atoms with Gasteiger partial charge >= 0.3 is 0 Å². The van der Waals surface area contributed by atoms with Crippen molar-refractivity contribution in [3.05, 3.63) is 58.4 Å². The second-order valence-electron chi connectivity index (χ2n) is 9.44. The average Bonchev–Trinajstić information content (AvgIpc) is 3.40. The standard InChI is InChI=1S/C25H32N6O/c1-16-7-8-17(2)20(12-16)25(32)30-10-5-4-6-22(30)21-13-23-27-24(18(3)14-31(23)28-21)29-11-9-19(26)15-29/h7-8,12-14,19,22H,4-6,9-11,15,26H2,1-3H3. The SMILES string of the molecule is Cc1ccc(C)c(C(=O)N2CCCCC2c2cc3nc(N4CCC(N)C4)c(C)cn3n2)c1. The number of hydrogen-bond acceptors (Lipinski definition) is 5. The molecule has 0 bridgehead atoms. The maximum absolute atomic E-state index is 13.5. The topological polar surface area (TPSA) is 79.8 Å². The van der Waals surface area contributed by atoms with Crippen LogP contribution < -0.4 is 10.6 Å². The number of likely N-dealkylation sites (tertiary alicyclic amines) is 1. The number of hydrogen-bond donors (Lipinski definition) is 1. The summed E-state index contributed by atoms with van der Waals surface area (Å²) in [6, 6.07) is 8.33. The third kappa shape index (κ3) is 3.75. The van der Waals surface area contributed by atoms with Crippen molar-refractivity contribution in [1.82, 2.24) is 19.5 Å². The van der Waals surface area contributed by atoms with Crippen LogP contribution in [-0.4, -0.2) is 51.1 Å². The van der Waals surface area contributed by atoms with Crippen LogP contribution in [0.5, 0.6) is 0 Å². The molecule has 0 aliphatic carbocycles. The average molecular weight is 433 g/mol. The van der Waals surface area contributed by atoms with Crippen molar-refractivity contribution in [2.75, 3.05) is 24.5 Å². The van der Waals surface area contributed by atoms with E-state index in [0.717, 1.165) is 84.7 Å². The molecule has 2 unspecified atom stereocenters. The predicted octanol–water partition coefficient (Wildman–Crippen LogP) is 3.56. The summed E-state index contributed by atoms with van der Waals surface area (Å²) in [5.74, 6) is 1.09. The lowest BCUT2D eigenvalue weighted by molar-refractivity contribution is 0.0605. The van der Waals surface area contributed by atoms with Crippen molar-refractivity contribution in [2.45, 2.75) is 58.5 Å². The van der Waals surface area contributed by atoms with Crippen LogP contribution in [-0.2, 0) is 0 Å².